The number of H-pyrrole nitrogens is 1. The fourth-order valence-electron chi connectivity index (χ4n) is 1.45. The van der Waals surface area contributed by atoms with Gasteiger partial charge in [-0.1, -0.05) is 6.92 Å². The van der Waals surface area contributed by atoms with Gasteiger partial charge in [-0.3, -0.25) is 4.79 Å². The smallest absolute Gasteiger partial charge is 0.372 e. The number of aromatic amines is 1. The lowest BCUT2D eigenvalue weighted by molar-refractivity contribution is -0.174. The lowest BCUT2D eigenvalue weighted by atomic mass is 10.2. The quantitative estimate of drug-likeness (QED) is 0.750. The van der Waals surface area contributed by atoms with E-state index in [2.05, 4.69) is 20.0 Å². The second kappa shape index (κ2) is 7.13. The molecule has 0 radical (unpaired) electrons. The second-order valence-electron chi connectivity index (χ2n) is 3.92. The standard InChI is InChI=1S/C11H16F3N3O2/c1-2-8(10-15-4-5-16-10)17-9(18)3-6-19-7-11(12,13)14/h4-5,8H,2-3,6-7H2,1H3,(H,15,16)(H,17,18). The number of nitrogens with zero attached hydrogens (tertiary/aromatic N) is 1. The number of halogens is 3. The number of carbonyl (C=O) groups excluding carboxylic acids is 1. The number of hydrogen-bond acceptors (Lipinski definition) is 3. The highest BCUT2D eigenvalue weighted by atomic mass is 19.4. The van der Waals surface area contributed by atoms with Gasteiger partial charge < -0.3 is 15.0 Å². The summed E-state index contributed by atoms with van der Waals surface area (Å²) in [5, 5.41) is 2.67. The molecule has 1 atom stereocenters. The molecule has 0 saturated heterocycles. The molecule has 0 fully saturated rings. The van der Waals surface area contributed by atoms with Crippen LogP contribution < -0.4 is 5.32 Å². The highest BCUT2D eigenvalue weighted by molar-refractivity contribution is 5.76. The molecule has 0 bridgehead atoms. The van der Waals surface area contributed by atoms with Crippen LogP contribution in [0.5, 0.6) is 0 Å². The number of rotatable bonds is 7. The Balaban J connectivity index is 2.27. The van der Waals surface area contributed by atoms with E-state index in [9.17, 15) is 18.0 Å². The fraction of sp³-hybridized carbons (Fsp3) is 0.636. The van der Waals surface area contributed by atoms with Crippen LogP contribution in [0.2, 0.25) is 0 Å². The zero-order valence-electron chi connectivity index (χ0n) is 10.5. The molecule has 8 heteroatoms. The summed E-state index contributed by atoms with van der Waals surface area (Å²) in [5.74, 6) is 0.248. The highest BCUT2D eigenvalue weighted by Crippen LogP contribution is 2.14. The highest BCUT2D eigenvalue weighted by Gasteiger charge is 2.27. The number of imidazole rings is 1. The first-order chi connectivity index (χ1) is 8.92. The van der Waals surface area contributed by atoms with Crippen LogP contribution >= 0.6 is 0 Å². The lowest BCUT2D eigenvalue weighted by Gasteiger charge is -2.14. The minimum absolute atomic E-state index is 0.118. The molecular formula is C11H16F3N3O2. The number of nitrogens with one attached hydrogen (secondary N) is 2. The molecule has 1 aromatic heterocycles. The van der Waals surface area contributed by atoms with Crippen LogP contribution in [0, 0.1) is 0 Å². The molecule has 1 aromatic rings. The molecule has 19 heavy (non-hydrogen) atoms. The van der Waals surface area contributed by atoms with Gasteiger partial charge in [-0.05, 0) is 6.42 Å². The average Bonchev–Trinajstić information content (AvgIpc) is 2.84. The largest absolute Gasteiger partial charge is 0.411 e. The summed E-state index contributed by atoms with van der Waals surface area (Å²) in [5.41, 5.74) is 0. The zero-order valence-corrected chi connectivity index (χ0v) is 10.5. The fourth-order valence-corrected chi connectivity index (χ4v) is 1.45. The number of amides is 1. The first-order valence-electron chi connectivity index (χ1n) is 5.85. The first kappa shape index (κ1) is 15.5. The Labute approximate surface area is 108 Å². The van der Waals surface area contributed by atoms with Crippen LogP contribution in [-0.2, 0) is 9.53 Å². The number of aromatic nitrogens is 2. The van der Waals surface area contributed by atoms with Crippen molar-refractivity contribution in [2.24, 2.45) is 0 Å². The first-order valence-corrected chi connectivity index (χ1v) is 5.85. The molecule has 2 N–H and O–H groups in total. The SMILES string of the molecule is CCC(NC(=O)CCOCC(F)(F)F)c1ncc[nH]1. The van der Waals surface area contributed by atoms with Crippen LogP contribution in [0.4, 0.5) is 13.2 Å². The van der Waals surface area contributed by atoms with Gasteiger partial charge in [0.25, 0.3) is 0 Å². The molecule has 0 aromatic carbocycles. The minimum Gasteiger partial charge on any atom is -0.372 e. The van der Waals surface area contributed by atoms with E-state index in [4.69, 9.17) is 0 Å². The summed E-state index contributed by atoms with van der Waals surface area (Å²) in [6.45, 7) is 0.267. The van der Waals surface area contributed by atoms with Gasteiger partial charge in [0, 0.05) is 18.8 Å². The van der Waals surface area contributed by atoms with E-state index in [0.29, 0.717) is 12.2 Å². The lowest BCUT2D eigenvalue weighted by Crippen LogP contribution is -2.30. The van der Waals surface area contributed by atoms with Crippen LogP contribution in [0.1, 0.15) is 31.6 Å². The van der Waals surface area contributed by atoms with Gasteiger partial charge in [0.05, 0.1) is 12.6 Å². The van der Waals surface area contributed by atoms with E-state index in [1.807, 2.05) is 6.92 Å². The molecule has 1 heterocycles. The Hall–Kier alpha value is -1.57. The number of ether oxygens (including phenoxy) is 1. The molecule has 0 aliphatic rings. The summed E-state index contributed by atoms with van der Waals surface area (Å²) in [4.78, 5) is 18.4. The zero-order chi connectivity index (χ0) is 14.3. The predicted molar refractivity (Wildman–Crippen MR) is 61.3 cm³/mol. The molecule has 0 spiro atoms. The van der Waals surface area contributed by atoms with E-state index in [1.165, 1.54) is 0 Å². The molecule has 1 amide bonds. The predicted octanol–water partition coefficient (Wildman–Crippen LogP) is 1.95. The summed E-state index contributed by atoms with van der Waals surface area (Å²) < 4.78 is 39.7. The summed E-state index contributed by atoms with van der Waals surface area (Å²) in [6, 6.07) is -0.273. The normalized spacial score (nSPS) is 13.3. The van der Waals surface area contributed by atoms with Crippen molar-refractivity contribution in [1.82, 2.24) is 15.3 Å². The maximum atomic E-state index is 11.8. The van der Waals surface area contributed by atoms with Crippen molar-refractivity contribution in [2.45, 2.75) is 32.0 Å². The molecule has 0 aliphatic carbocycles. The van der Waals surface area contributed by atoms with Crippen LogP contribution in [0.15, 0.2) is 12.4 Å². The van der Waals surface area contributed by atoms with Crippen molar-refractivity contribution in [3.8, 4) is 0 Å². The van der Waals surface area contributed by atoms with Crippen molar-refractivity contribution in [3.63, 3.8) is 0 Å². The summed E-state index contributed by atoms with van der Waals surface area (Å²) in [7, 11) is 0. The molecule has 0 aliphatic heterocycles. The third-order valence-electron chi connectivity index (χ3n) is 2.33. The van der Waals surface area contributed by atoms with Gasteiger partial charge in [-0.15, -0.1) is 0 Å². The third-order valence-corrected chi connectivity index (χ3v) is 2.33. The molecular weight excluding hydrogens is 263 g/mol. The van der Waals surface area contributed by atoms with Crippen LogP contribution in [0.3, 0.4) is 0 Å². The topological polar surface area (TPSA) is 67.0 Å². The van der Waals surface area contributed by atoms with E-state index in [-0.39, 0.29) is 25.0 Å². The van der Waals surface area contributed by atoms with Gasteiger partial charge in [0.1, 0.15) is 12.4 Å². The summed E-state index contributed by atoms with van der Waals surface area (Å²) >= 11 is 0. The Bertz CT molecular complexity index is 379. The van der Waals surface area contributed by atoms with Crippen molar-refractivity contribution >= 4 is 5.91 Å². The maximum absolute atomic E-state index is 11.8. The van der Waals surface area contributed by atoms with E-state index >= 15 is 0 Å². The van der Waals surface area contributed by atoms with Crippen molar-refractivity contribution in [1.29, 1.82) is 0 Å². The Morgan fingerprint density at radius 2 is 2.32 bits per heavy atom. The van der Waals surface area contributed by atoms with Gasteiger partial charge >= 0.3 is 6.18 Å². The van der Waals surface area contributed by atoms with E-state index in [1.54, 1.807) is 12.4 Å². The molecule has 1 unspecified atom stereocenters. The van der Waals surface area contributed by atoms with Gasteiger partial charge in [-0.25, -0.2) is 4.98 Å². The van der Waals surface area contributed by atoms with Crippen molar-refractivity contribution in [2.75, 3.05) is 13.2 Å². The maximum Gasteiger partial charge on any atom is 0.411 e. The minimum atomic E-state index is -4.36. The number of carbonyl (C=O) groups is 1. The number of hydrogen-bond donors (Lipinski definition) is 2. The van der Waals surface area contributed by atoms with E-state index < -0.39 is 12.8 Å². The monoisotopic (exact) mass is 279 g/mol. The molecule has 5 nitrogen and oxygen atoms in total. The van der Waals surface area contributed by atoms with Gasteiger partial charge in [-0.2, -0.15) is 13.2 Å². The number of alkyl halides is 3. The van der Waals surface area contributed by atoms with Gasteiger partial charge in [0.15, 0.2) is 0 Å². The van der Waals surface area contributed by atoms with Crippen LogP contribution in [-0.4, -0.2) is 35.3 Å². The Morgan fingerprint density at radius 1 is 1.58 bits per heavy atom. The summed E-state index contributed by atoms with van der Waals surface area (Å²) in [6.07, 6.45) is -0.653. The van der Waals surface area contributed by atoms with Gasteiger partial charge in [0.2, 0.25) is 5.91 Å². The van der Waals surface area contributed by atoms with E-state index in [0.717, 1.165) is 0 Å². The second-order valence-corrected chi connectivity index (χ2v) is 3.92. The Morgan fingerprint density at radius 3 is 2.84 bits per heavy atom. The average molecular weight is 279 g/mol. The third kappa shape index (κ3) is 6.23. The Kier molecular flexibility index (Phi) is 5.81. The molecule has 1 rings (SSSR count). The van der Waals surface area contributed by atoms with Crippen molar-refractivity contribution in [3.05, 3.63) is 18.2 Å². The molecule has 0 saturated carbocycles. The van der Waals surface area contributed by atoms with Crippen LogP contribution in [0.25, 0.3) is 0 Å². The van der Waals surface area contributed by atoms with Crippen molar-refractivity contribution < 1.29 is 22.7 Å². The molecule has 108 valence electrons.